The zero-order valence-electron chi connectivity index (χ0n) is 13.7. The number of carbonyl (C=O) groups is 1. The van der Waals surface area contributed by atoms with Gasteiger partial charge in [-0.2, -0.15) is 0 Å². The summed E-state index contributed by atoms with van der Waals surface area (Å²) in [5.74, 6) is 0.00620. The Kier molecular flexibility index (Phi) is 5.12. The van der Waals surface area contributed by atoms with Crippen LogP contribution in [0.3, 0.4) is 0 Å². The van der Waals surface area contributed by atoms with Gasteiger partial charge in [-0.15, -0.1) is 4.52 Å². The number of rotatable bonds is 7. The lowest BCUT2D eigenvalue weighted by molar-refractivity contribution is -0.117. The third-order valence-corrected chi connectivity index (χ3v) is 4.48. The molecule has 0 saturated heterocycles. The maximum Gasteiger partial charge on any atom is 0.749 e. The van der Waals surface area contributed by atoms with Crippen LogP contribution >= 0.6 is 8.25 Å². The third kappa shape index (κ3) is 4.05. The van der Waals surface area contributed by atoms with Crippen LogP contribution in [0.4, 0.5) is 0 Å². The Morgan fingerprint density at radius 3 is 2.64 bits per heavy atom. The standard InChI is InChI=1S/C18H17N2O4P/c1-23-25(22)24-15-7-8-17-16(10-15)14(9-18(19)21)12-20(17)11-13-5-3-2-4-6-13/h2-8,10,12H,9,11H2,1H3,(H-,19,21)/p+1. The molecule has 0 spiro atoms. The number of hydrogen-bond acceptors (Lipinski definition) is 4. The fourth-order valence-corrected chi connectivity index (χ4v) is 3.13. The second-order valence-electron chi connectivity index (χ2n) is 5.59. The summed E-state index contributed by atoms with van der Waals surface area (Å²) in [5, 5.41) is 0.840. The molecule has 0 aliphatic heterocycles. The zero-order chi connectivity index (χ0) is 17.8. The fraction of sp³-hybridized carbons (Fsp3) is 0.167. The van der Waals surface area contributed by atoms with E-state index in [0.29, 0.717) is 12.3 Å². The number of carbonyl (C=O) groups excluding carboxylic acids is 1. The highest BCUT2D eigenvalue weighted by Crippen LogP contribution is 2.32. The van der Waals surface area contributed by atoms with E-state index in [1.807, 2.05) is 42.6 Å². The topological polar surface area (TPSA) is 83.6 Å². The molecular weight excluding hydrogens is 339 g/mol. The largest absolute Gasteiger partial charge is 0.749 e. The van der Waals surface area contributed by atoms with Gasteiger partial charge in [0.1, 0.15) is 0 Å². The Hall–Kier alpha value is -2.69. The van der Waals surface area contributed by atoms with E-state index in [1.165, 1.54) is 7.11 Å². The van der Waals surface area contributed by atoms with Crippen LogP contribution in [-0.2, 0) is 26.8 Å². The van der Waals surface area contributed by atoms with Crippen molar-refractivity contribution >= 4 is 25.1 Å². The summed E-state index contributed by atoms with van der Waals surface area (Å²) in [6.07, 6.45) is 2.04. The summed E-state index contributed by atoms with van der Waals surface area (Å²) in [5.41, 5.74) is 8.26. The first-order valence-corrected chi connectivity index (χ1v) is 8.79. The second-order valence-corrected chi connectivity index (χ2v) is 6.58. The van der Waals surface area contributed by atoms with Crippen LogP contribution < -0.4 is 10.3 Å². The number of nitrogens with two attached hydrogens (primary N) is 1. The molecule has 2 aromatic carbocycles. The minimum Gasteiger partial charge on any atom is -0.369 e. The van der Waals surface area contributed by atoms with E-state index in [-0.39, 0.29) is 6.42 Å². The normalized spacial score (nSPS) is 11.5. The van der Waals surface area contributed by atoms with Gasteiger partial charge in [0.25, 0.3) is 0 Å². The Labute approximate surface area is 146 Å². The van der Waals surface area contributed by atoms with Crippen molar-refractivity contribution in [3.63, 3.8) is 0 Å². The number of aromatic nitrogens is 1. The molecular formula is C18H18N2O4P+. The molecule has 25 heavy (non-hydrogen) atoms. The Morgan fingerprint density at radius 2 is 1.96 bits per heavy atom. The maximum atomic E-state index is 11.5. The average molecular weight is 357 g/mol. The fourth-order valence-electron chi connectivity index (χ4n) is 2.77. The van der Waals surface area contributed by atoms with Gasteiger partial charge in [-0.1, -0.05) is 30.3 Å². The van der Waals surface area contributed by atoms with Crippen molar-refractivity contribution in [2.24, 2.45) is 5.73 Å². The van der Waals surface area contributed by atoms with Gasteiger partial charge in [-0.3, -0.25) is 4.79 Å². The SMILES string of the molecule is CO[P+](=O)Oc1ccc2c(c1)c(CC(N)=O)cn2Cc1ccccc1. The number of hydrogen-bond donors (Lipinski definition) is 1. The number of amides is 1. The Morgan fingerprint density at radius 1 is 1.20 bits per heavy atom. The third-order valence-electron chi connectivity index (χ3n) is 3.82. The molecule has 6 nitrogen and oxygen atoms in total. The second kappa shape index (κ2) is 7.47. The van der Waals surface area contributed by atoms with Crippen LogP contribution in [0.25, 0.3) is 10.9 Å². The molecule has 0 radical (unpaired) electrons. The summed E-state index contributed by atoms with van der Waals surface area (Å²) >= 11 is 0. The van der Waals surface area contributed by atoms with Gasteiger partial charge in [-0.25, -0.2) is 4.52 Å². The molecule has 0 fully saturated rings. The molecule has 3 aromatic rings. The van der Waals surface area contributed by atoms with Gasteiger partial charge < -0.3 is 10.3 Å². The average Bonchev–Trinajstić information content (AvgIpc) is 2.92. The summed E-state index contributed by atoms with van der Waals surface area (Å²) in [7, 11) is -0.906. The highest BCUT2D eigenvalue weighted by Gasteiger charge is 2.20. The zero-order valence-corrected chi connectivity index (χ0v) is 14.6. The van der Waals surface area contributed by atoms with Gasteiger partial charge >= 0.3 is 8.25 Å². The molecule has 0 aliphatic carbocycles. The number of benzene rings is 2. The number of primary amides is 1. The van der Waals surface area contributed by atoms with Crippen LogP contribution in [-0.4, -0.2) is 17.6 Å². The molecule has 0 saturated carbocycles. The van der Waals surface area contributed by atoms with Crippen LogP contribution in [0.2, 0.25) is 0 Å². The van der Waals surface area contributed by atoms with Crippen LogP contribution in [0, 0.1) is 0 Å². The molecule has 7 heteroatoms. The van der Waals surface area contributed by atoms with Crippen molar-refractivity contribution in [2.75, 3.05) is 7.11 Å². The molecule has 128 valence electrons. The van der Waals surface area contributed by atoms with Crippen LogP contribution in [0.1, 0.15) is 11.1 Å². The quantitative estimate of drug-likeness (QED) is 0.657. The minimum atomic E-state index is -2.22. The molecule has 1 amide bonds. The summed E-state index contributed by atoms with van der Waals surface area (Å²) in [6.45, 7) is 0.669. The first kappa shape index (κ1) is 17.1. The van der Waals surface area contributed by atoms with E-state index in [2.05, 4.69) is 9.09 Å². The Bertz CT molecular complexity index is 921. The summed E-state index contributed by atoms with van der Waals surface area (Å²) < 4.78 is 23.4. The summed E-state index contributed by atoms with van der Waals surface area (Å²) in [4.78, 5) is 11.4. The van der Waals surface area contributed by atoms with Gasteiger partial charge in [0.15, 0.2) is 5.75 Å². The van der Waals surface area contributed by atoms with E-state index in [0.717, 1.165) is 22.0 Å². The molecule has 0 bridgehead atoms. The van der Waals surface area contributed by atoms with Crippen LogP contribution in [0.5, 0.6) is 5.75 Å². The number of fused-ring (bicyclic) bond motifs is 1. The van der Waals surface area contributed by atoms with Crippen molar-refractivity contribution in [3.8, 4) is 5.75 Å². The van der Waals surface area contributed by atoms with E-state index in [9.17, 15) is 9.36 Å². The van der Waals surface area contributed by atoms with Crippen molar-refractivity contribution in [1.29, 1.82) is 0 Å². The highest BCUT2D eigenvalue weighted by molar-refractivity contribution is 7.33. The van der Waals surface area contributed by atoms with Crippen molar-refractivity contribution in [3.05, 3.63) is 65.9 Å². The van der Waals surface area contributed by atoms with Crippen molar-refractivity contribution < 1.29 is 18.4 Å². The first-order valence-electron chi connectivity index (χ1n) is 7.70. The lowest BCUT2D eigenvalue weighted by Crippen LogP contribution is -2.13. The smallest absolute Gasteiger partial charge is 0.369 e. The van der Waals surface area contributed by atoms with E-state index < -0.39 is 14.2 Å². The molecule has 1 atom stereocenters. The predicted molar refractivity (Wildman–Crippen MR) is 95.6 cm³/mol. The lowest BCUT2D eigenvalue weighted by Gasteiger charge is -2.05. The van der Waals surface area contributed by atoms with Gasteiger partial charge in [-0.05, 0) is 29.3 Å². The van der Waals surface area contributed by atoms with Gasteiger partial charge in [0, 0.05) is 28.2 Å². The maximum absolute atomic E-state index is 11.5. The number of nitrogens with zero attached hydrogens (tertiary/aromatic N) is 1. The molecule has 1 unspecified atom stereocenters. The predicted octanol–water partition coefficient (Wildman–Crippen LogP) is 3.40. The van der Waals surface area contributed by atoms with E-state index >= 15 is 0 Å². The monoisotopic (exact) mass is 357 g/mol. The lowest BCUT2D eigenvalue weighted by atomic mass is 10.1. The van der Waals surface area contributed by atoms with E-state index in [1.54, 1.807) is 12.1 Å². The molecule has 2 N–H and O–H groups in total. The molecule has 1 heterocycles. The minimum absolute atomic E-state index is 0.123. The van der Waals surface area contributed by atoms with Crippen molar-refractivity contribution in [2.45, 2.75) is 13.0 Å². The Balaban J connectivity index is 2.02. The highest BCUT2D eigenvalue weighted by atomic mass is 31.1. The van der Waals surface area contributed by atoms with Gasteiger partial charge in [0.2, 0.25) is 5.91 Å². The molecule has 3 rings (SSSR count). The van der Waals surface area contributed by atoms with Crippen molar-refractivity contribution in [1.82, 2.24) is 4.57 Å². The first-order chi connectivity index (χ1) is 12.1. The molecule has 1 aromatic heterocycles. The van der Waals surface area contributed by atoms with Crippen LogP contribution in [0.15, 0.2) is 54.7 Å². The van der Waals surface area contributed by atoms with E-state index in [4.69, 9.17) is 10.3 Å². The summed E-state index contributed by atoms with van der Waals surface area (Å²) in [6, 6.07) is 15.4. The molecule has 0 aliphatic rings. The van der Waals surface area contributed by atoms with Gasteiger partial charge in [0.05, 0.1) is 13.5 Å².